The largest absolute Gasteiger partial charge is 0.418 e. The molecule has 0 spiro atoms. The van der Waals surface area contributed by atoms with Crippen molar-refractivity contribution in [2.45, 2.75) is 6.18 Å². The van der Waals surface area contributed by atoms with Crippen molar-refractivity contribution in [1.82, 2.24) is 5.48 Å². The van der Waals surface area contributed by atoms with Gasteiger partial charge in [0.05, 0.1) is 11.3 Å². The van der Waals surface area contributed by atoms with E-state index in [0.717, 1.165) is 12.1 Å². The topological polar surface area (TPSA) is 61.4 Å². The van der Waals surface area contributed by atoms with Crippen LogP contribution in [0.25, 0.3) is 0 Å². The molecule has 1 aromatic carbocycles. The first kappa shape index (κ1) is 12.5. The van der Waals surface area contributed by atoms with Gasteiger partial charge in [-0.3, -0.25) is 4.79 Å². The van der Waals surface area contributed by atoms with E-state index in [4.69, 9.17) is 5.21 Å². The van der Waals surface area contributed by atoms with Crippen molar-refractivity contribution in [3.63, 3.8) is 0 Å². The number of nitrogens with one attached hydrogen (secondary N) is 2. The van der Waals surface area contributed by atoms with Crippen molar-refractivity contribution >= 4 is 11.6 Å². The fourth-order valence-corrected chi connectivity index (χ4v) is 1.11. The predicted octanol–water partition coefficient (Wildman–Crippen LogP) is 1.62. The van der Waals surface area contributed by atoms with Crippen molar-refractivity contribution in [3.8, 4) is 0 Å². The molecule has 0 aliphatic carbocycles. The summed E-state index contributed by atoms with van der Waals surface area (Å²) in [6.07, 6.45) is -4.53. The number of benzene rings is 1. The van der Waals surface area contributed by atoms with Gasteiger partial charge < -0.3 is 10.5 Å². The molecule has 0 bridgehead atoms. The molecule has 0 unspecified atom stereocenters. The number of para-hydroxylation sites is 1. The van der Waals surface area contributed by atoms with Crippen LogP contribution in [-0.2, 0) is 11.0 Å². The van der Waals surface area contributed by atoms with Gasteiger partial charge in [-0.05, 0) is 12.1 Å². The second-order valence-corrected chi connectivity index (χ2v) is 2.93. The van der Waals surface area contributed by atoms with E-state index in [1.54, 1.807) is 5.48 Å². The summed E-state index contributed by atoms with van der Waals surface area (Å²) < 4.78 is 37.4. The zero-order valence-electron chi connectivity index (χ0n) is 8.01. The lowest BCUT2D eigenvalue weighted by atomic mass is 10.1. The second-order valence-electron chi connectivity index (χ2n) is 2.93. The average molecular weight is 234 g/mol. The lowest BCUT2D eigenvalue weighted by Gasteiger charge is -2.13. The van der Waals surface area contributed by atoms with Crippen molar-refractivity contribution < 1.29 is 23.2 Å². The molecular formula is C9H9F3N2O2. The summed E-state index contributed by atoms with van der Waals surface area (Å²) >= 11 is 0. The van der Waals surface area contributed by atoms with Crippen LogP contribution >= 0.6 is 0 Å². The van der Waals surface area contributed by atoms with Crippen LogP contribution in [0, 0.1) is 0 Å². The molecule has 1 aromatic rings. The first-order valence-electron chi connectivity index (χ1n) is 4.28. The molecule has 4 nitrogen and oxygen atoms in total. The van der Waals surface area contributed by atoms with Crippen LogP contribution in [0.15, 0.2) is 24.3 Å². The van der Waals surface area contributed by atoms with Crippen LogP contribution in [-0.4, -0.2) is 17.7 Å². The molecule has 1 amide bonds. The smallest absolute Gasteiger partial charge is 0.324 e. The third-order valence-electron chi connectivity index (χ3n) is 1.75. The lowest BCUT2D eigenvalue weighted by molar-refractivity contribution is -0.137. The molecule has 0 aromatic heterocycles. The number of carbonyl (C=O) groups excluding carboxylic acids is 1. The summed E-state index contributed by atoms with van der Waals surface area (Å²) in [5.41, 5.74) is 0.286. The van der Waals surface area contributed by atoms with Crippen molar-refractivity contribution in [3.05, 3.63) is 29.8 Å². The summed E-state index contributed by atoms with van der Waals surface area (Å²) in [6.45, 7) is -0.480. The zero-order valence-corrected chi connectivity index (χ0v) is 8.01. The summed E-state index contributed by atoms with van der Waals surface area (Å²) in [7, 11) is 0. The monoisotopic (exact) mass is 234 g/mol. The summed E-state index contributed by atoms with van der Waals surface area (Å²) in [5.74, 6) is -0.765. The van der Waals surface area contributed by atoms with E-state index in [1.807, 2.05) is 5.32 Å². The molecule has 0 heterocycles. The third kappa shape index (κ3) is 3.21. The van der Waals surface area contributed by atoms with E-state index < -0.39 is 24.2 Å². The molecule has 0 saturated heterocycles. The van der Waals surface area contributed by atoms with Crippen LogP contribution in [0.4, 0.5) is 18.9 Å². The van der Waals surface area contributed by atoms with E-state index >= 15 is 0 Å². The minimum atomic E-state index is -4.53. The van der Waals surface area contributed by atoms with E-state index in [-0.39, 0.29) is 5.69 Å². The Kier molecular flexibility index (Phi) is 3.86. The maximum absolute atomic E-state index is 12.5. The number of hydrogen-bond acceptors (Lipinski definition) is 3. The van der Waals surface area contributed by atoms with Crippen molar-refractivity contribution in [2.75, 3.05) is 11.9 Å². The number of alkyl halides is 3. The minimum Gasteiger partial charge on any atom is -0.324 e. The van der Waals surface area contributed by atoms with Gasteiger partial charge in [-0.15, -0.1) is 0 Å². The maximum Gasteiger partial charge on any atom is 0.418 e. The summed E-state index contributed by atoms with van der Waals surface area (Å²) in [4.78, 5) is 11.0. The molecule has 1 rings (SSSR count). The highest BCUT2D eigenvalue weighted by Gasteiger charge is 2.33. The highest BCUT2D eigenvalue weighted by atomic mass is 19.4. The van der Waals surface area contributed by atoms with Crippen LogP contribution in [0.5, 0.6) is 0 Å². The van der Waals surface area contributed by atoms with Gasteiger partial charge in [0.1, 0.15) is 6.54 Å². The van der Waals surface area contributed by atoms with Crippen LogP contribution in [0.1, 0.15) is 5.56 Å². The van der Waals surface area contributed by atoms with Crippen molar-refractivity contribution in [2.24, 2.45) is 0 Å². The molecule has 88 valence electrons. The molecule has 0 radical (unpaired) electrons. The molecule has 16 heavy (non-hydrogen) atoms. The SMILES string of the molecule is O=C(CNO)Nc1ccccc1C(F)(F)F. The Morgan fingerprint density at radius 1 is 1.31 bits per heavy atom. The van der Waals surface area contributed by atoms with E-state index in [1.165, 1.54) is 12.1 Å². The summed E-state index contributed by atoms with van der Waals surface area (Å²) in [6, 6.07) is 4.60. The number of carbonyl (C=O) groups is 1. The predicted molar refractivity (Wildman–Crippen MR) is 49.9 cm³/mol. The fraction of sp³-hybridized carbons (Fsp3) is 0.222. The number of rotatable bonds is 3. The Hall–Kier alpha value is -1.60. The lowest BCUT2D eigenvalue weighted by Crippen LogP contribution is -2.26. The number of hydrogen-bond donors (Lipinski definition) is 3. The normalized spacial score (nSPS) is 11.2. The molecule has 0 aliphatic heterocycles. The standard InChI is InChI=1S/C9H9F3N2O2/c10-9(11,12)6-3-1-2-4-7(6)14-8(15)5-13-16/h1-4,13,16H,5H2,(H,14,15). The second kappa shape index (κ2) is 4.95. The third-order valence-corrected chi connectivity index (χ3v) is 1.75. The number of hydroxylamine groups is 1. The molecule has 0 saturated carbocycles. The van der Waals surface area contributed by atoms with Gasteiger partial charge >= 0.3 is 6.18 Å². The Bertz CT molecular complexity index is 379. The number of anilines is 1. The zero-order chi connectivity index (χ0) is 12.2. The summed E-state index contributed by atoms with van der Waals surface area (Å²) in [5, 5.41) is 10.2. The van der Waals surface area contributed by atoms with Crippen LogP contribution < -0.4 is 10.8 Å². The van der Waals surface area contributed by atoms with E-state index in [2.05, 4.69) is 0 Å². The Labute approximate surface area is 89.0 Å². The molecule has 7 heteroatoms. The Morgan fingerprint density at radius 2 is 1.94 bits per heavy atom. The molecule has 0 atom stereocenters. The molecule has 0 aliphatic rings. The van der Waals surface area contributed by atoms with Crippen LogP contribution in [0.2, 0.25) is 0 Å². The van der Waals surface area contributed by atoms with E-state index in [9.17, 15) is 18.0 Å². The first-order valence-corrected chi connectivity index (χ1v) is 4.28. The fourth-order valence-electron chi connectivity index (χ4n) is 1.11. The van der Waals surface area contributed by atoms with Gasteiger partial charge in [-0.1, -0.05) is 12.1 Å². The van der Waals surface area contributed by atoms with E-state index in [0.29, 0.717) is 0 Å². The van der Waals surface area contributed by atoms with Gasteiger partial charge in [0.25, 0.3) is 0 Å². The Morgan fingerprint density at radius 3 is 2.50 bits per heavy atom. The molecule has 0 fully saturated rings. The van der Waals surface area contributed by atoms with Gasteiger partial charge in [0.15, 0.2) is 0 Å². The van der Waals surface area contributed by atoms with Crippen LogP contribution in [0.3, 0.4) is 0 Å². The number of halogens is 3. The minimum absolute atomic E-state index is 0.338. The van der Waals surface area contributed by atoms with Gasteiger partial charge in [-0.2, -0.15) is 18.7 Å². The average Bonchev–Trinajstić information content (AvgIpc) is 2.17. The Balaban J connectivity index is 2.92. The van der Waals surface area contributed by atoms with Gasteiger partial charge in [0.2, 0.25) is 5.91 Å². The highest BCUT2D eigenvalue weighted by molar-refractivity contribution is 5.92. The van der Waals surface area contributed by atoms with Gasteiger partial charge in [0, 0.05) is 0 Å². The van der Waals surface area contributed by atoms with Gasteiger partial charge in [-0.25, -0.2) is 0 Å². The maximum atomic E-state index is 12.5. The quantitative estimate of drug-likeness (QED) is 0.696. The molecule has 3 N–H and O–H groups in total. The first-order chi connectivity index (χ1) is 7.45. The van der Waals surface area contributed by atoms with Crippen molar-refractivity contribution in [1.29, 1.82) is 0 Å². The highest BCUT2D eigenvalue weighted by Crippen LogP contribution is 2.34. The number of amides is 1. The molecular weight excluding hydrogens is 225 g/mol.